The van der Waals surface area contributed by atoms with Gasteiger partial charge in [-0.05, 0) is 24.1 Å². The molecule has 2 N–H and O–H groups in total. The molecule has 0 atom stereocenters. The largest absolute Gasteiger partial charge is 0.508 e. The number of nitrogens with one attached hydrogen (secondary N) is 1. The molecule has 0 heterocycles. The molecule has 2 nitrogen and oxygen atoms in total. The molecule has 2 aromatic rings. The maximum atomic E-state index is 9.72. The second-order valence-corrected chi connectivity index (χ2v) is 4.39. The molecule has 0 amide bonds. The van der Waals surface area contributed by atoms with E-state index in [-0.39, 0.29) is 0 Å². The SMILES string of the molecule is CCCc1ccccc1NCc1ccccc1O. The Morgan fingerprint density at radius 1 is 0.944 bits per heavy atom. The molecule has 0 fully saturated rings. The third-order valence-corrected chi connectivity index (χ3v) is 3.00. The highest BCUT2D eigenvalue weighted by Crippen LogP contribution is 2.20. The molecule has 0 aliphatic carbocycles. The van der Waals surface area contributed by atoms with Crippen LogP contribution in [0.15, 0.2) is 48.5 Å². The van der Waals surface area contributed by atoms with Crippen LogP contribution in [0.2, 0.25) is 0 Å². The van der Waals surface area contributed by atoms with Gasteiger partial charge in [0.2, 0.25) is 0 Å². The van der Waals surface area contributed by atoms with Crippen LogP contribution in [0.1, 0.15) is 24.5 Å². The zero-order valence-electron chi connectivity index (χ0n) is 10.7. The lowest BCUT2D eigenvalue weighted by atomic mass is 10.1. The Balaban J connectivity index is 2.08. The number of para-hydroxylation sites is 2. The van der Waals surface area contributed by atoms with Gasteiger partial charge in [0, 0.05) is 17.8 Å². The lowest BCUT2D eigenvalue weighted by Gasteiger charge is -2.12. The fourth-order valence-corrected chi connectivity index (χ4v) is 2.03. The lowest BCUT2D eigenvalue weighted by Crippen LogP contribution is -2.02. The van der Waals surface area contributed by atoms with Crippen LogP contribution in [-0.4, -0.2) is 5.11 Å². The van der Waals surface area contributed by atoms with Crippen molar-refractivity contribution in [2.75, 3.05) is 5.32 Å². The van der Waals surface area contributed by atoms with Crippen LogP contribution < -0.4 is 5.32 Å². The van der Waals surface area contributed by atoms with Crippen molar-refractivity contribution in [1.82, 2.24) is 0 Å². The maximum Gasteiger partial charge on any atom is 0.120 e. The summed E-state index contributed by atoms with van der Waals surface area (Å²) < 4.78 is 0. The van der Waals surface area contributed by atoms with Gasteiger partial charge in [-0.15, -0.1) is 0 Å². The quantitative estimate of drug-likeness (QED) is 0.830. The van der Waals surface area contributed by atoms with Crippen LogP contribution in [-0.2, 0) is 13.0 Å². The van der Waals surface area contributed by atoms with E-state index in [0.717, 1.165) is 24.1 Å². The van der Waals surface area contributed by atoms with Gasteiger partial charge in [0.1, 0.15) is 5.75 Å². The first-order chi connectivity index (χ1) is 8.81. The van der Waals surface area contributed by atoms with Gasteiger partial charge in [-0.25, -0.2) is 0 Å². The average molecular weight is 241 g/mol. The standard InChI is InChI=1S/C16H19NO/c1-2-7-13-8-3-5-10-15(13)17-12-14-9-4-6-11-16(14)18/h3-6,8-11,17-18H,2,7,12H2,1H3. The predicted molar refractivity (Wildman–Crippen MR) is 75.9 cm³/mol. The average Bonchev–Trinajstić information content (AvgIpc) is 2.40. The summed E-state index contributed by atoms with van der Waals surface area (Å²) >= 11 is 0. The first kappa shape index (κ1) is 12.5. The van der Waals surface area contributed by atoms with Gasteiger partial charge in [0.05, 0.1) is 0 Å². The smallest absolute Gasteiger partial charge is 0.120 e. The van der Waals surface area contributed by atoms with Crippen molar-refractivity contribution in [2.45, 2.75) is 26.3 Å². The van der Waals surface area contributed by atoms with Crippen LogP contribution >= 0.6 is 0 Å². The molecule has 0 saturated carbocycles. The zero-order chi connectivity index (χ0) is 12.8. The number of hydrogen-bond acceptors (Lipinski definition) is 2. The first-order valence-corrected chi connectivity index (χ1v) is 6.40. The molecule has 2 aromatic carbocycles. The monoisotopic (exact) mass is 241 g/mol. The highest BCUT2D eigenvalue weighted by atomic mass is 16.3. The Hall–Kier alpha value is -1.96. The van der Waals surface area contributed by atoms with Crippen molar-refractivity contribution in [1.29, 1.82) is 0 Å². The molecular weight excluding hydrogens is 222 g/mol. The Morgan fingerprint density at radius 3 is 2.33 bits per heavy atom. The second-order valence-electron chi connectivity index (χ2n) is 4.39. The Labute approximate surface area is 108 Å². The van der Waals surface area contributed by atoms with Gasteiger partial charge in [-0.2, -0.15) is 0 Å². The summed E-state index contributed by atoms with van der Waals surface area (Å²) in [7, 11) is 0. The summed E-state index contributed by atoms with van der Waals surface area (Å²) in [5, 5.41) is 13.1. The normalized spacial score (nSPS) is 10.3. The predicted octanol–water partition coefficient (Wildman–Crippen LogP) is 3.96. The number of benzene rings is 2. The number of phenols is 1. The molecule has 0 aromatic heterocycles. The zero-order valence-corrected chi connectivity index (χ0v) is 10.7. The molecule has 0 saturated heterocycles. The van der Waals surface area contributed by atoms with Crippen LogP contribution in [0.3, 0.4) is 0 Å². The van der Waals surface area contributed by atoms with E-state index in [0.29, 0.717) is 12.3 Å². The number of rotatable bonds is 5. The second kappa shape index (κ2) is 6.10. The molecule has 0 spiro atoms. The van der Waals surface area contributed by atoms with Crippen molar-refractivity contribution in [3.05, 3.63) is 59.7 Å². The molecule has 0 unspecified atom stereocenters. The topological polar surface area (TPSA) is 32.3 Å². The van der Waals surface area contributed by atoms with Gasteiger partial charge >= 0.3 is 0 Å². The molecule has 2 heteroatoms. The number of aromatic hydroxyl groups is 1. The third kappa shape index (κ3) is 3.04. The summed E-state index contributed by atoms with van der Waals surface area (Å²) in [6, 6.07) is 15.8. The van der Waals surface area contributed by atoms with Crippen molar-refractivity contribution >= 4 is 5.69 Å². The van der Waals surface area contributed by atoms with E-state index in [1.54, 1.807) is 6.07 Å². The first-order valence-electron chi connectivity index (χ1n) is 6.40. The molecular formula is C16H19NO. The highest BCUT2D eigenvalue weighted by Gasteiger charge is 2.02. The van der Waals surface area contributed by atoms with E-state index < -0.39 is 0 Å². The van der Waals surface area contributed by atoms with Crippen molar-refractivity contribution in [2.24, 2.45) is 0 Å². The van der Waals surface area contributed by atoms with Crippen molar-refractivity contribution in [3.8, 4) is 5.75 Å². The molecule has 0 aliphatic rings. The van der Waals surface area contributed by atoms with Crippen LogP contribution in [0.4, 0.5) is 5.69 Å². The van der Waals surface area contributed by atoms with Gasteiger partial charge in [-0.3, -0.25) is 0 Å². The van der Waals surface area contributed by atoms with E-state index in [2.05, 4.69) is 30.4 Å². The minimum absolute atomic E-state index is 0.345. The third-order valence-electron chi connectivity index (χ3n) is 3.00. The molecule has 94 valence electrons. The van der Waals surface area contributed by atoms with Crippen molar-refractivity contribution in [3.63, 3.8) is 0 Å². The minimum Gasteiger partial charge on any atom is -0.508 e. The number of phenolic OH excluding ortho intramolecular Hbond substituents is 1. The van der Waals surface area contributed by atoms with Crippen molar-refractivity contribution < 1.29 is 5.11 Å². The highest BCUT2D eigenvalue weighted by molar-refractivity contribution is 5.52. The summed E-state index contributed by atoms with van der Waals surface area (Å²) in [4.78, 5) is 0. The van der Waals surface area contributed by atoms with E-state index in [1.807, 2.05) is 24.3 Å². The Bertz CT molecular complexity index is 508. The van der Waals surface area contributed by atoms with Gasteiger partial charge in [0.15, 0.2) is 0 Å². The lowest BCUT2D eigenvalue weighted by molar-refractivity contribution is 0.469. The molecule has 0 aliphatic heterocycles. The summed E-state index contributed by atoms with van der Waals surface area (Å²) in [5.41, 5.74) is 3.40. The minimum atomic E-state index is 0.345. The molecule has 18 heavy (non-hydrogen) atoms. The Kier molecular flexibility index (Phi) is 4.24. The van der Waals surface area contributed by atoms with E-state index in [4.69, 9.17) is 0 Å². The summed E-state index contributed by atoms with van der Waals surface area (Å²) in [6.45, 7) is 2.83. The summed E-state index contributed by atoms with van der Waals surface area (Å²) in [5.74, 6) is 0.345. The van der Waals surface area contributed by atoms with E-state index >= 15 is 0 Å². The van der Waals surface area contributed by atoms with Gasteiger partial charge in [-0.1, -0.05) is 49.7 Å². The molecule has 2 rings (SSSR count). The van der Waals surface area contributed by atoms with E-state index in [9.17, 15) is 5.11 Å². The van der Waals surface area contributed by atoms with Crippen LogP contribution in [0.25, 0.3) is 0 Å². The maximum absolute atomic E-state index is 9.72. The van der Waals surface area contributed by atoms with Gasteiger partial charge in [0.25, 0.3) is 0 Å². The molecule has 0 bridgehead atoms. The number of hydrogen-bond donors (Lipinski definition) is 2. The fraction of sp³-hybridized carbons (Fsp3) is 0.250. The van der Waals surface area contributed by atoms with Crippen LogP contribution in [0, 0.1) is 0 Å². The Morgan fingerprint density at radius 2 is 1.61 bits per heavy atom. The van der Waals surface area contributed by atoms with E-state index in [1.165, 1.54) is 5.56 Å². The number of aryl methyl sites for hydroxylation is 1. The number of anilines is 1. The van der Waals surface area contributed by atoms with Crippen LogP contribution in [0.5, 0.6) is 5.75 Å². The molecule has 0 radical (unpaired) electrons. The summed E-state index contributed by atoms with van der Waals surface area (Å²) in [6.07, 6.45) is 2.21. The fourth-order valence-electron chi connectivity index (χ4n) is 2.03. The van der Waals surface area contributed by atoms with Gasteiger partial charge < -0.3 is 10.4 Å².